The zero-order valence-electron chi connectivity index (χ0n) is 13.6. The number of methoxy groups -OCH3 is 1. The van der Waals surface area contributed by atoms with Gasteiger partial charge in [-0.25, -0.2) is 0 Å². The molecule has 4 heteroatoms. The van der Waals surface area contributed by atoms with E-state index in [4.69, 9.17) is 10.5 Å². The van der Waals surface area contributed by atoms with Crippen molar-refractivity contribution in [1.29, 1.82) is 0 Å². The number of carbonyl (C=O) groups excluding carboxylic acids is 1. The molecule has 0 spiro atoms. The first kappa shape index (κ1) is 15.4. The number of amides is 1. The summed E-state index contributed by atoms with van der Waals surface area (Å²) in [5.74, 6) is 1.31. The van der Waals surface area contributed by atoms with Crippen molar-refractivity contribution in [2.45, 2.75) is 19.3 Å². The van der Waals surface area contributed by atoms with Gasteiger partial charge in [-0.2, -0.15) is 0 Å². The van der Waals surface area contributed by atoms with Crippen LogP contribution in [0.3, 0.4) is 0 Å². The Labute approximate surface area is 136 Å². The lowest BCUT2D eigenvalue weighted by molar-refractivity contribution is 0.0790. The maximum Gasteiger partial charge on any atom is 0.254 e. The van der Waals surface area contributed by atoms with Crippen LogP contribution in [-0.4, -0.2) is 31.0 Å². The summed E-state index contributed by atoms with van der Waals surface area (Å²) in [5.41, 5.74) is 9.39. The zero-order chi connectivity index (χ0) is 16.4. The van der Waals surface area contributed by atoms with E-state index in [-0.39, 0.29) is 5.91 Å². The number of ether oxygens (including phenoxy) is 1. The summed E-state index contributed by atoms with van der Waals surface area (Å²) in [7, 11) is 1.67. The monoisotopic (exact) mass is 310 g/mol. The van der Waals surface area contributed by atoms with Crippen LogP contribution in [-0.2, 0) is 0 Å². The smallest absolute Gasteiger partial charge is 0.254 e. The molecule has 2 aromatic rings. The van der Waals surface area contributed by atoms with Gasteiger partial charge >= 0.3 is 0 Å². The first-order chi connectivity index (χ1) is 11.1. The number of nitrogens with two attached hydrogens (primary N) is 1. The average Bonchev–Trinajstić information content (AvgIpc) is 3.06. The van der Waals surface area contributed by atoms with E-state index >= 15 is 0 Å². The van der Waals surface area contributed by atoms with E-state index in [0.717, 1.165) is 30.8 Å². The standard InChI is InChI=1S/C19H22N2O2/c1-13-3-6-16(20)11-18(13)19(22)21-10-9-15(12-21)14-4-7-17(23-2)8-5-14/h3-8,11,15H,9-10,12,20H2,1-2H3. The second-order valence-electron chi connectivity index (χ2n) is 6.08. The van der Waals surface area contributed by atoms with E-state index in [1.165, 1.54) is 5.56 Å². The average molecular weight is 310 g/mol. The van der Waals surface area contributed by atoms with Crippen LogP contribution in [0, 0.1) is 6.92 Å². The summed E-state index contributed by atoms with van der Waals surface area (Å²) >= 11 is 0. The minimum Gasteiger partial charge on any atom is -0.497 e. The number of carbonyl (C=O) groups is 1. The van der Waals surface area contributed by atoms with Crippen LogP contribution in [0.2, 0.25) is 0 Å². The number of aryl methyl sites for hydroxylation is 1. The first-order valence-electron chi connectivity index (χ1n) is 7.88. The van der Waals surface area contributed by atoms with Crippen LogP contribution in [0.4, 0.5) is 5.69 Å². The number of nitrogens with zero attached hydrogens (tertiary/aromatic N) is 1. The van der Waals surface area contributed by atoms with Crippen molar-refractivity contribution in [3.63, 3.8) is 0 Å². The third kappa shape index (κ3) is 3.16. The molecule has 1 heterocycles. The molecule has 1 fully saturated rings. The summed E-state index contributed by atoms with van der Waals surface area (Å²) in [4.78, 5) is 14.7. The van der Waals surface area contributed by atoms with E-state index in [1.54, 1.807) is 13.2 Å². The van der Waals surface area contributed by atoms with Gasteiger partial charge in [0.15, 0.2) is 0 Å². The van der Waals surface area contributed by atoms with E-state index in [2.05, 4.69) is 12.1 Å². The molecule has 0 saturated carbocycles. The van der Waals surface area contributed by atoms with E-state index < -0.39 is 0 Å². The van der Waals surface area contributed by atoms with Crippen molar-refractivity contribution in [1.82, 2.24) is 4.90 Å². The normalized spacial score (nSPS) is 17.3. The van der Waals surface area contributed by atoms with Crippen LogP contribution in [0.15, 0.2) is 42.5 Å². The number of nitrogen functional groups attached to an aromatic ring is 1. The van der Waals surface area contributed by atoms with Gasteiger partial charge in [0.25, 0.3) is 5.91 Å². The highest BCUT2D eigenvalue weighted by atomic mass is 16.5. The maximum absolute atomic E-state index is 12.7. The molecule has 0 bridgehead atoms. The van der Waals surface area contributed by atoms with E-state index in [9.17, 15) is 4.79 Å². The lowest BCUT2D eigenvalue weighted by Crippen LogP contribution is -2.29. The van der Waals surface area contributed by atoms with Gasteiger partial charge in [0.2, 0.25) is 0 Å². The Hall–Kier alpha value is -2.49. The van der Waals surface area contributed by atoms with Crippen LogP contribution in [0.1, 0.15) is 33.8 Å². The molecule has 1 amide bonds. The highest BCUT2D eigenvalue weighted by molar-refractivity contribution is 5.96. The lowest BCUT2D eigenvalue weighted by Gasteiger charge is -2.18. The van der Waals surface area contributed by atoms with Gasteiger partial charge in [-0.1, -0.05) is 18.2 Å². The summed E-state index contributed by atoms with van der Waals surface area (Å²) in [6.45, 7) is 3.48. The van der Waals surface area contributed by atoms with Crippen molar-refractivity contribution >= 4 is 11.6 Å². The quantitative estimate of drug-likeness (QED) is 0.886. The number of benzene rings is 2. The molecular weight excluding hydrogens is 288 g/mol. The van der Waals surface area contributed by atoms with Crippen molar-refractivity contribution in [3.05, 3.63) is 59.2 Å². The summed E-state index contributed by atoms with van der Waals surface area (Å²) in [6.07, 6.45) is 0.986. The Bertz CT molecular complexity index is 710. The Morgan fingerprint density at radius 1 is 1.22 bits per heavy atom. The number of hydrogen-bond acceptors (Lipinski definition) is 3. The molecule has 0 radical (unpaired) electrons. The zero-order valence-corrected chi connectivity index (χ0v) is 13.6. The summed E-state index contributed by atoms with van der Waals surface area (Å²) in [6, 6.07) is 13.6. The lowest BCUT2D eigenvalue weighted by atomic mass is 9.98. The number of hydrogen-bond donors (Lipinski definition) is 1. The Morgan fingerprint density at radius 2 is 1.96 bits per heavy atom. The molecule has 2 aromatic carbocycles. The fraction of sp³-hybridized carbons (Fsp3) is 0.316. The first-order valence-corrected chi connectivity index (χ1v) is 7.88. The fourth-order valence-electron chi connectivity index (χ4n) is 3.13. The highest BCUT2D eigenvalue weighted by Gasteiger charge is 2.28. The van der Waals surface area contributed by atoms with E-state index in [1.807, 2.05) is 36.1 Å². The molecule has 120 valence electrons. The van der Waals surface area contributed by atoms with Crippen LogP contribution in [0.25, 0.3) is 0 Å². The van der Waals surface area contributed by atoms with Gasteiger partial charge in [-0.15, -0.1) is 0 Å². The number of rotatable bonds is 3. The molecule has 0 aromatic heterocycles. The second kappa shape index (κ2) is 6.32. The van der Waals surface area contributed by atoms with Crippen LogP contribution >= 0.6 is 0 Å². The third-order valence-corrected chi connectivity index (χ3v) is 4.55. The predicted molar refractivity (Wildman–Crippen MR) is 91.8 cm³/mol. The molecule has 1 aliphatic rings. The van der Waals surface area contributed by atoms with Crippen molar-refractivity contribution in [2.75, 3.05) is 25.9 Å². The third-order valence-electron chi connectivity index (χ3n) is 4.55. The molecule has 1 saturated heterocycles. The summed E-state index contributed by atoms with van der Waals surface area (Å²) < 4.78 is 5.20. The second-order valence-corrected chi connectivity index (χ2v) is 6.08. The van der Waals surface area contributed by atoms with Gasteiger partial charge in [0.05, 0.1) is 7.11 Å². The Balaban J connectivity index is 1.73. The van der Waals surface area contributed by atoms with Gasteiger partial charge in [-0.3, -0.25) is 4.79 Å². The van der Waals surface area contributed by atoms with Gasteiger partial charge in [0, 0.05) is 30.3 Å². The van der Waals surface area contributed by atoms with Gasteiger partial charge in [-0.05, 0) is 48.7 Å². The van der Waals surface area contributed by atoms with Crippen LogP contribution in [0.5, 0.6) is 5.75 Å². The predicted octanol–water partition coefficient (Wildman–Crippen LogP) is 3.22. The molecule has 0 aliphatic carbocycles. The van der Waals surface area contributed by atoms with Crippen molar-refractivity contribution < 1.29 is 9.53 Å². The van der Waals surface area contributed by atoms with Crippen molar-refractivity contribution in [2.24, 2.45) is 0 Å². The van der Waals surface area contributed by atoms with Gasteiger partial charge in [0.1, 0.15) is 5.75 Å². The molecule has 1 atom stereocenters. The number of anilines is 1. The molecule has 3 rings (SSSR count). The molecule has 4 nitrogen and oxygen atoms in total. The SMILES string of the molecule is COc1ccc(C2CCN(C(=O)c3cc(N)ccc3C)C2)cc1. The minimum absolute atomic E-state index is 0.0748. The molecule has 2 N–H and O–H groups in total. The van der Waals surface area contributed by atoms with E-state index in [0.29, 0.717) is 17.2 Å². The maximum atomic E-state index is 12.7. The highest BCUT2D eigenvalue weighted by Crippen LogP contribution is 2.30. The molecular formula is C19H22N2O2. The fourth-order valence-corrected chi connectivity index (χ4v) is 3.13. The van der Waals surface area contributed by atoms with Gasteiger partial charge < -0.3 is 15.4 Å². The number of likely N-dealkylation sites (tertiary alicyclic amines) is 1. The molecule has 1 aliphatic heterocycles. The van der Waals surface area contributed by atoms with Crippen LogP contribution < -0.4 is 10.5 Å². The molecule has 1 unspecified atom stereocenters. The van der Waals surface area contributed by atoms with Crippen molar-refractivity contribution in [3.8, 4) is 5.75 Å². The Kier molecular flexibility index (Phi) is 4.24. The molecule has 23 heavy (non-hydrogen) atoms. The minimum atomic E-state index is 0.0748. The topological polar surface area (TPSA) is 55.6 Å². The Morgan fingerprint density at radius 3 is 2.65 bits per heavy atom. The summed E-state index contributed by atoms with van der Waals surface area (Å²) in [5, 5.41) is 0. The largest absolute Gasteiger partial charge is 0.497 e.